The van der Waals surface area contributed by atoms with E-state index in [9.17, 15) is 0 Å². The van der Waals surface area contributed by atoms with Crippen molar-refractivity contribution in [2.45, 2.75) is 25.3 Å². The van der Waals surface area contributed by atoms with E-state index in [1.807, 2.05) is 7.05 Å². The summed E-state index contributed by atoms with van der Waals surface area (Å²) in [6.07, 6.45) is 2.12. The van der Waals surface area contributed by atoms with Gasteiger partial charge in [0.1, 0.15) is 11.5 Å². The van der Waals surface area contributed by atoms with Crippen LogP contribution in [0.1, 0.15) is 30.3 Å². The van der Waals surface area contributed by atoms with E-state index in [1.54, 1.807) is 0 Å². The van der Waals surface area contributed by atoms with E-state index < -0.39 is 0 Å². The molecule has 0 aliphatic carbocycles. The van der Waals surface area contributed by atoms with Crippen molar-refractivity contribution >= 4 is 15.9 Å². The van der Waals surface area contributed by atoms with E-state index in [0.717, 1.165) is 48.6 Å². The highest BCUT2D eigenvalue weighted by Crippen LogP contribution is 2.34. The SMILES string of the molecule is CNCc1cc(Br)c(C2CCOCC2)o1. The Hall–Kier alpha value is -0.320. The highest BCUT2D eigenvalue weighted by molar-refractivity contribution is 9.10. The van der Waals surface area contributed by atoms with Crippen LogP contribution in [0.2, 0.25) is 0 Å². The molecule has 4 heteroatoms. The fraction of sp³-hybridized carbons (Fsp3) is 0.636. The van der Waals surface area contributed by atoms with Gasteiger partial charge in [-0.15, -0.1) is 0 Å². The molecule has 3 nitrogen and oxygen atoms in total. The molecule has 1 N–H and O–H groups in total. The Balaban J connectivity index is 2.11. The summed E-state index contributed by atoms with van der Waals surface area (Å²) in [6, 6.07) is 2.06. The van der Waals surface area contributed by atoms with Crippen LogP contribution in [-0.4, -0.2) is 20.3 Å². The lowest BCUT2D eigenvalue weighted by Gasteiger charge is -2.20. The predicted molar refractivity (Wildman–Crippen MR) is 62.0 cm³/mol. The maximum absolute atomic E-state index is 5.83. The zero-order valence-electron chi connectivity index (χ0n) is 8.88. The van der Waals surface area contributed by atoms with Crippen molar-refractivity contribution in [2.24, 2.45) is 0 Å². The van der Waals surface area contributed by atoms with E-state index in [2.05, 4.69) is 27.3 Å². The Kier molecular flexibility index (Phi) is 3.83. The number of hydrogen-bond donors (Lipinski definition) is 1. The largest absolute Gasteiger partial charge is 0.463 e. The predicted octanol–water partition coefficient (Wildman–Crippen LogP) is 2.66. The molecule has 1 fully saturated rings. The fourth-order valence-corrected chi connectivity index (χ4v) is 2.59. The van der Waals surface area contributed by atoms with Crippen LogP contribution in [0.5, 0.6) is 0 Å². The van der Waals surface area contributed by atoms with E-state index in [1.165, 1.54) is 0 Å². The maximum Gasteiger partial charge on any atom is 0.121 e. The van der Waals surface area contributed by atoms with Crippen molar-refractivity contribution in [3.05, 3.63) is 22.1 Å². The van der Waals surface area contributed by atoms with Crippen LogP contribution in [0.4, 0.5) is 0 Å². The van der Waals surface area contributed by atoms with Crippen LogP contribution >= 0.6 is 15.9 Å². The minimum absolute atomic E-state index is 0.513. The second-order valence-electron chi connectivity index (χ2n) is 3.84. The fourth-order valence-electron chi connectivity index (χ4n) is 1.93. The molecule has 0 atom stereocenters. The first-order valence-electron chi connectivity index (χ1n) is 5.31. The van der Waals surface area contributed by atoms with Gasteiger partial charge in [0.15, 0.2) is 0 Å². The van der Waals surface area contributed by atoms with Crippen LogP contribution in [0.15, 0.2) is 15.0 Å². The van der Waals surface area contributed by atoms with E-state index in [0.29, 0.717) is 5.92 Å². The van der Waals surface area contributed by atoms with Crippen molar-refractivity contribution in [1.82, 2.24) is 5.32 Å². The summed E-state index contributed by atoms with van der Waals surface area (Å²) in [5.41, 5.74) is 0. The Morgan fingerprint density at radius 3 is 2.87 bits per heavy atom. The molecule has 1 aromatic rings. The lowest BCUT2D eigenvalue weighted by molar-refractivity contribution is 0.0801. The molecular weight excluding hydrogens is 258 g/mol. The van der Waals surface area contributed by atoms with Crippen molar-refractivity contribution in [2.75, 3.05) is 20.3 Å². The molecule has 15 heavy (non-hydrogen) atoms. The minimum Gasteiger partial charge on any atom is -0.463 e. The molecule has 0 unspecified atom stereocenters. The smallest absolute Gasteiger partial charge is 0.121 e. The van der Waals surface area contributed by atoms with Crippen molar-refractivity contribution in [3.8, 4) is 0 Å². The van der Waals surface area contributed by atoms with E-state index in [4.69, 9.17) is 9.15 Å². The highest BCUT2D eigenvalue weighted by atomic mass is 79.9. The first-order valence-corrected chi connectivity index (χ1v) is 6.11. The van der Waals surface area contributed by atoms with Gasteiger partial charge in [-0.1, -0.05) is 0 Å². The molecule has 0 bridgehead atoms. The lowest BCUT2D eigenvalue weighted by Crippen LogP contribution is -2.13. The zero-order chi connectivity index (χ0) is 10.7. The van der Waals surface area contributed by atoms with Gasteiger partial charge in [-0.05, 0) is 41.9 Å². The van der Waals surface area contributed by atoms with Crippen molar-refractivity contribution in [3.63, 3.8) is 0 Å². The maximum atomic E-state index is 5.83. The molecule has 0 aromatic carbocycles. The summed E-state index contributed by atoms with van der Waals surface area (Å²) in [5.74, 6) is 2.59. The first kappa shape index (κ1) is 11.2. The summed E-state index contributed by atoms with van der Waals surface area (Å²) in [5, 5.41) is 3.09. The van der Waals surface area contributed by atoms with Crippen LogP contribution in [0, 0.1) is 0 Å². The lowest BCUT2D eigenvalue weighted by atomic mass is 9.98. The number of furan rings is 1. The Morgan fingerprint density at radius 1 is 1.47 bits per heavy atom. The van der Waals surface area contributed by atoms with Gasteiger partial charge in [0.25, 0.3) is 0 Å². The van der Waals surface area contributed by atoms with Gasteiger partial charge in [-0.2, -0.15) is 0 Å². The zero-order valence-corrected chi connectivity index (χ0v) is 10.5. The Labute approximate surface area is 98.3 Å². The molecule has 2 rings (SSSR count). The third kappa shape index (κ3) is 2.62. The molecule has 1 saturated heterocycles. The molecule has 1 aromatic heterocycles. The Bertz CT molecular complexity index is 318. The topological polar surface area (TPSA) is 34.4 Å². The summed E-state index contributed by atoms with van der Waals surface area (Å²) >= 11 is 3.56. The van der Waals surface area contributed by atoms with Crippen LogP contribution in [-0.2, 0) is 11.3 Å². The summed E-state index contributed by atoms with van der Waals surface area (Å²) < 4.78 is 12.3. The number of nitrogens with one attached hydrogen (secondary N) is 1. The third-order valence-corrected chi connectivity index (χ3v) is 3.33. The van der Waals surface area contributed by atoms with Gasteiger partial charge in [0, 0.05) is 19.1 Å². The number of rotatable bonds is 3. The molecular formula is C11H16BrNO2. The highest BCUT2D eigenvalue weighted by Gasteiger charge is 2.22. The quantitative estimate of drug-likeness (QED) is 0.920. The van der Waals surface area contributed by atoms with Gasteiger partial charge in [0.2, 0.25) is 0 Å². The van der Waals surface area contributed by atoms with E-state index in [-0.39, 0.29) is 0 Å². The second-order valence-corrected chi connectivity index (χ2v) is 4.70. The molecule has 2 heterocycles. The van der Waals surface area contributed by atoms with Gasteiger partial charge < -0.3 is 14.5 Å². The summed E-state index contributed by atoms with van der Waals surface area (Å²) in [4.78, 5) is 0. The third-order valence-electron chi connectivity index (χ3n) is 2.71. The number of halogens is 1. The van der Waals surface area contributed by atoms with Gasteiger partial charge in [-0.3, -0.25) is 0 Å². The standard InChI is InChI=1S/C11H16BrNO2/c1-13-7-9-6-10(12)11(15-9)8-2-4-14-5-3-8/h6,8,13H,2-5,7H2,1H3. The first-order chi connectivity index (χ1) is 7.31. The molecule has 84 valence electrons. The summed E-state index contributed by atoms with van der Waals surface area (Å²) in [7, 11) is 1.92. The minimum atomic E-state index is 0.513. The van der Waals surface area contributed by atoms with Crippen LogP contribution in [0.3, 0.4) is 0 Å². The summed E-state index contributed by atoms with van der Waals surface area (Å²) in [6.45, 7) is 2.47. The normalized spacial score (nSPS) is 18.3. The van der Waals surface area contributed by atoms with Crippen LogP contribution in [0.25, 0.3) is 0 Å². The Morgan fingerprint density at radius 2 is 2.20 bits per heavy atom. The monoisotopic (exact) mass is 273 g/mol. The van der Waals surface area contributed by atoms with Gasteiger partial charge >= 0.3 is 0 Å². The van der Waals surface area contributed by atoms with Crippen molar-refractivity contribution in [1.29, 1.82) is 0 Å². The second kappa shape index (κ2) is 5.14. The van der Waals surface area contributed by atoms with Crippen LogP contribution < -0.4 is 5.32 Å². The van der Waals surface area contributed by atoms with E-state index >= 15 is 0 Å². The van der Waals surface area contributed by atoms with Crippen molar-refractivity contribution < 1.29 is 9.15 Å². The number of hydrogen-bond acceptors (Lipinski definition) is 3. The molecule has 0 saturated carbocycles. The molecule has 0 amide bonds. The molecule has 1 aliphatic heterocycles. The molecule has 0 spiro atoms. The molecule has 1 aliphatic rings. The molecule has 0 radical (unpaired) electrons. The van der Waals surface area contributed by atoms with Gasteiger partial charge in [0.05, 0.1) is 11.0 Å². The number of ether oxygens (including phenoxy) is 1. The average Bonchev–Trinajstić information content (AvgIpc) is 2.61. The average molecular weight is 274 g/mol. The van der Waals surface area contributed by atoms with Gasteiger partial charge in [-0.25, -0.2) is 0 Å².